The minimum atomic E-state index is 0.727. The summed E-state index contributed by atoms with van der Waals surface area (Å²) in [4.78, 5) is 3.36. The van der Waals surface area contributed by atoms with E-state index in [2.05, 4.69) is 10.2 Å². The zero-order valence-corrected chi connectivity index (χ0v) is 6.27. The summed E-state index contributed by atoms with van der Waals surface area (Å²) >= 11 is 0. The maximum absolute atomic E-state index is 6.63. The van der Waals surface area contributed by atoms with Crippen LogP contribution in [-0.2, 0) is 0 Å². The van der Waals surface area contributed by atoms with Gasteiger partial charge in [0.15, 0.2) is 0 Å². The first-order valence-electron chi connectivity index (χ1n) is 3.97. The van der Waals surface area contributed by atoms with E-state index in [9.17, 15) is 0 Å². The molecule has 0 aliphatic carbocycles. The molecule has 1 heterocycles. The molecule has 2 nitrogen and oxygen atoms in total. The van der Waals surface area contributed by atoms with Crippen molar-refractivity contribution in [3.05, 3.63) is 11.4 Å². The van der Waals surface area contributed by atoms with E-state index in [1.54, 1.807) is 0 Å². The molecule has 1 N–H and O–H groups in total. The monoisotopic (exact) mass is 138 g/mol. The number of hydrogen-bond acceptors (Lipinski definition) is 1. The summed E-state index contributed by atoms with van der Waals surface area (Å²) in [7, 11) is 0. The highest BCUT2D eigenvalue weighted by Gasteiger charge is 2.12. The Hall–Kier alpha value is -0.550. The molecule has 0 atom stereocenters. The van der Waals surface area contributed by atoms with Crippen LogP contribution in [0.5, 0.6) is 0 Å². The molecule has 1 saturated heterocycles. The molecule has 10 heavy (non-hydrogen) atoms. The normalized spacial score (nSPS) is 20.3. The summed E-state index contributed by atoms with van der Waals surface area (Å²) in [5, 5.41) is 3.31. The third-order valence-corrected chi connectivity index (χ3v) is 2.11. The van der Waals surface area contributed by atoms with E-state index in [0.717, 1.165) is 32.0 Å². The lowest BCUT2D eigenvalue weighted by atomic mass is 9.95. The van der Waals surface area contributed by atoms with Gasteiger partial charge < -0.3 is 10.2 Å². The standard InChI is InChI=1S/C8H14N2/c1-9-5-2-8-3-6-10-7-4-8/h8,10H,2-7H2. The van der Waals surface area contributed by atoms with Gasteiger partial charge in [-0.3, -0.25) is 0 Å². The van der Waals surface area contributed by atoms with Gasteiger partial charge >= 0.3 is 0 Å². The Balaban J connectivity index is 2.09. The number of piperidine rings is 1. The van der Waals surface area contributed by atoms with Crippen LogP contribution >= 0.6 is 0 Å². The highest BCUT2D eigenvalue weighted by atomic mass is 14.9. The Labute approximate surface area is 62.4 Å². The van der Waals surface area contributed by atoms with Crippen molar-refractivity contribution in [2.45, 2.75) is 19.3 Å². The van der Waals surface area contributed by atoms with E-state index >= 15 is 0 Å². The van der Waals surface area contributed by atoms with E-state index in [-0.39, 0.29) is 0 Å². The van der Waals surface area contributed by atoms with Crippen molar-refractivity contribution in [2.24, 2.45) is 5.92 Å². The third kappa shape index (κ3) is 2.36. The molecular formula is C8H14N2. The summed E-state index contributed by atoms with van der Waals surface area (Å²) in [5.41, 5.74) is 0. The molecule has 56 valence electrons. The van der Waals surface area contributed by atoms with E-state index in [1.165, 1.54) is 12.8 Å². The Morgan fingerprint density at radius 2 is 2.10 bits per heavy atom. The Bertz CT molecular complexity index is 120. The minimum absolute atomic E-state index is 0.727. The first kappa shape index (κ1) is 7.56. The molecule has 0 radical (unpaired) electrons. The molecule has 0 amide bonds. The van der Waals surface area contributed by atoms with Crippen LogP contribution in [0.1, 0.15) is 19.3 Å². The molecule has 0 spiro atoms. The number of nitrogens with zero attached hydrogens (tertiary/aromatic N) is 1. The van der Waals surface area contributed by atoms with Crippen LogP contribution in [0.4, 0.5) is 0 Å². The molecule has 0 bridgehead atoms. The molecule has 0 aromatic heterocycles. The summed E-state index contributed by atoms with van der Waals surface area (Å²) in [6, 6.07) is 0. The Kier molecular flexibility index (Phi) is 3.25. The lowest BCUT2D eigenvalue weighted by Gasteiger charge is -2.20. The van der Waals surface area contributed by atoms with Crippen LogP contribution in [0.2, 0.25) is 0 Å². The van der Waals surface area contributed by atoms with Crippen LogP contribution < -0.4 is 5.32 Å². The molecule has 0 unspecified atom stereocenters. The van der Waals surface area contributed by atoms with Crippen molar-refractivity contribution in [1.29, 1.82) is 0 Å². The van der Waals surface area contributed by atoms with E-state index in [0.29, 0.717) is 0 Å². The summed E-state index contributed by atoms with van der Waals surface area (Å²) < 4.78 is 0. The quantitative estimate of drug-likeness (QED) is 0.569. The molecule has 0 aromatic rings. The zero-order chi connectivity index (χ0) is 7.23. The molecule has 1 rings (SSSR count). The first-order valence-corrected chi connectivity index (χ1v) is 3.97. The SMILES string of the molecule is [C-]#[N+]CCC1CCNCC1. The lowest BCUT2D eigenvalue weighted by Crippen LogP contribution is -2.27. The number of rotatable bonds is 2. The average molecular weight is 138 g/mol. The molecular weight excluding hydrogens is 124 g/mol. The lowest BCUT2D eigenvalue weighted by molar-refractivity contribution is 0.363. The predicted molar refractivity (Wildman–Crippen MR) is 41.7 cm³/mol. The highest BCUT2D eigenvalue weighted by molar-refractivity contribution is 4.71. The van der Waals surface area contributed by atoms with Gasteiger partial charge in [0, 0.05) is 6.42 Å². The molecule has 2 heteroatoms. The minimum Gasteiger partial charge on any atom is -0.317 e. The molecule has 1 aliphatic rings. The third-order valence-electron chi connectivity index (χ3n) is 2.11. The van der Waals surface area contributed by atoms with Crippen LogP contribution in [-0.4, -0.2) is 19.6 Å². The molecule has 0 aromatic carbocycles. The van der Waals surface area contributed by atoms with Gasteiger partial charge in [0.25, 0.3) is 0 Å². The maximum atomic E-state index is 6.63. The number of nitrogens with one attached hydrogen (secondary N) is 1. The van der Waals surface area contributed by atoms with Crippen molar-refractivity contribution in [3.63, 3.8) is 0 Å². The summed E-state index contributed by atoms with van der Waals surface area (Å²) in [6.07, 6.45) is 3.66. The summed E-state index contributed by atoms with van der Waals surface area (Å²) in [5.74, 6) is 0.829. The number of hydrogen-bond donors (Lipinski definition) is 1. The topological polar surface area (TPSA) is 16.4 Å². The maximum Gasteiger partial charge on any atom is 0.214 e. The van der Waals surface area contributed by atoms with Crippen molar-refractivity contribution in [1.82, 2.24) is 5.32 Å². The van der Waals surface area contributed by atoms with Crippen molar-refractivity contribution >= 4 is 0 Å². The fourth-order valence-corrected chi connectivity index (χ4v) is 1.42. The molecule has 1 aliphatic heterocycles. The van der Waals surface area contributed by atoms with E-state index in [1.807, 2.05) is 0 Å². The first-order chi connectivity index (χ1) is 4.93. The Morgan fingerprint density at radius 1 is 1.40 bits per heavy atom. The average Bonchev–Trinajstić information content (AvgIpc) is 2.03. The van der Waals surface area contributed by atoms with Crippen molar-refractivity contribution in [2.75, 3.05) is 19.6 Å². The van der Waals surface area contributed by atoms with Gasteiger partial charge in [-0.05, 0) is 31.8 Å². The summed E-state index contributed by atoms with van der Waals surface area (Å²) in [6.45, 7) is 9.67. The van der Waals surface area contributed by atoms with E-state index < -0.39 is 0 Å². The largest absolute Gasteiger partial charge is 0.317 e. The van der Waals surface area contributed by atoms with Gasteiger partial charge in [-0.1, -0.05) is 0 Å². The van der Waals surface area contributed by atoms with Crippen molar-refractivity contribution < 1.29 is 0 Å². The van der Waals surface area contributed by atoms with Crippen LogP contribution in [0.3, 0.4) is 0 Å². The van der Waals surface area contributed by atoms with Gasteiger partial charge in [0.1, 0.15) is 0 Å². The van der Waals surface area contributed by atoms with Gasteiger partial charge in [-0.2, -0.15) is 0 Å². The fourth-order valence-electron chi connectivity index (χ4n) is 1.42. The van der Waals surface area contributed by atoms with Crippen LogP contribution in [0, 0.1) is 12.5 Å². The second-order valence-corrected chi connectivity index (χ2v) is 2.86. The zero-order valence-electron chi connectivity index (χ0n) is 6.27. The van der Waals surface area contributed by atoms with Gasteiger partial charge in [-0.25, -0.2) is 6.57 Å². The van der Waals surface area contributed by atoms with Gasteiger partial charge in [0.05, 0.1) is 0 Å². The second kappa shape index (κ2) is 4.29. The van der Waals surface area contributed by atoms with E-state index in [4.69, 9.17) is 6.57 Å². The van der Waals surface area contributed by atoms with Gasteiger partial charge in [0.2, 0.25) is 6.54 Å². The highest BCUT2D eigenvalue weighted by Crippen LogP contribution is 2.15. The molecule has 1 fully saturated rings. The fraction of sp³-hybridized carbons (Fsp3) is 0.875. The van der Waals surface area contributed by atoms with Crippen LogP contribution in [0.25, 0.3) is 4.85 Å². The molecule has 0 saturated carbocycles. The van der Waals surface area contributed by atoms with Crippen LogP contribution in [0.15, 0.2) is 0 Å². The smallest absolute Gasteiger partial charge is 0.214 e. The predicted octanol–water partition coefficient (Wildman–Crippen LogP) is 1.30. The van der Waals surface area contributed by atoms with Gasteiger partial charge in [-0.15, -0.1) is 0 Å². The Morgan fingerprint density at radius 3 is 2.70 bits per heavy atom. The van der Waals surface area contributed by atoms with Crippen molar-refractivity contribution in [3.8, 4) is 0 Å². The second-order valence-electron chi connectivity index (χ2n) is 2.86.